The Balaban J connectivity index is 0.000000177. The second-order valence-electron chi connectivity index (χ2n) is 18.1. The fourth-order valence-electron chi connectivity index (χ4n) is 9.80. The predicted octanol–water partition coefficient (Wildman–Crippen LogP) is 10.2. The van der Waals surface area contributed by atoms with Gasteiger partial charge in [0.15, 0.2) is 0 Å². The van der Waals surface area contributed by atoms with E-state index in [9.17, 15) is 9.59 Å². The number of carboxylic acid groups (broad SMARTS) is 1. The van der Waals surface area contributed by atoms with Gasteiger partial charge in [-0.3, -0.25) is 14.6 Å². The lowest BCUT2D eigenvalue weighted by Gasteiger charge is -2.47. The number of carbonyl (C=O) groups is 2. The van der Waals surface area contributed by atoms with Crippen molar-refractivity contribution in [3.8, 4) is 11.5 Å². The predicted molar refractivity (Wildman–Crippen MR) is 255 cm³/mol. The van der Waals surface area contributed by atoms with Crippen molar-refractivity contribution in [2.75, 3.05) is 65.6 Å². The Morgan fingerprint density at radius 3 is 1.35 bits per heavy atom. The highest BCUT2D eigenvalue weighted by Gasteiger charge is 2.39. The monoisotopic (exact) mass is 859 g/mol. The molecule has 4 fully saturated rings. The molecule has 4 aliphatic heterocycles. The lowest BCUT2D eigenvalue weighted by atomic mass is 9.71. The Kier molecular flexibility index (Phi) is 18.1. The van der Waals surface area contributed by atoms with E-state index in [0.29, 0.717) is 23.0 Å². The first-order chi connectivity index (χ1) is 30.7. The number of aryl methyl sites for hydroxylation is 2. The number of ether oxygens (including phenoxy) is 2. The van der Waals surface area contributed by atoms with E-state index in [1.807, 2.05) is 44.2 Å². The summed E-state index contributed by atoms with van der Waals surface area (Å²) in [5.41, 5.74) is 7.30. The van der Waals surface area contributed by atoms with Crippen molar-refractivity contribution in [2.24, 2.45) is 10.8 Å². The molecule has 4 aromatic carbocycles. The molecule has 63 heavy (non-hydrogen) atoms. The Bertz CT molecular complexity index is 1980. The molecule has 0 saturated carbocycles. The molecule has 4 heterocycles. The maximum atomic E-state index is 12.9. The van der Waals surface area contributed by atoms with E-state index >= 15 is 0 Å². The molecule has 0 aliphatic carbocycles. The molecule has 0 atom stereocenters. The Morgan fingerprint density at radius 1 is 0.540 bits per heavy atom. The van der Waals surface area contributed by atoms with Gasteiger partial charge in [-0.05, 0) is 176 Å². The number of piperidine rings is 4. The van der Waals surface area contributed by atoms with Gasteiger partial charge in [-0.25, -0.2) is 4.79 Å². The van der Waals surface area contributed by atoms with Gasteiger partial charge in [0.25, 0.3) is 5.91 Å². The lowest BCUT2D eigenvalue weighted by molar-refractivity contribution is 0.0283. The summed E-state index contributed by atoms with van der Waals surface area (Å²) in [6.07, 6.45) is 12.2. The minimum atomic E-state index is -0.868. The summed E-state index contributed by atoms with van der Waals surface area (Å²) in [6.45, 7) is 20.7. The molecule has 0 unspecified atom stereocenters. The Morgan fingerprint density at radius 2 is 0.937 bits per heavy atom. The van der Waals surface area contributed by atoms with Crippen LogP contribution in [0.4, 0.5) is 0 Å². The number of amides is 1. The van der Waals surface area contributed by atoms with E-state index < -0.39 is 5.97 Å². The zero-order valence-corrected chi connectivity index (χ0v) is 38.7. The number of hydrogen-bond donors (Lipinski definition) is 2. The number of para-hydroxylation sites is 2. The van der Waals surface area contributed by atoms with Crippen LogP contribution in [0, 0.1) is 10.8 Å². The van der Waals surface area contributed by atoms with Crippen LogP contribution < -0.4 is 14.8 Å². The Labute approximate surface area is 378 Å². The van der Waals surface area contributed by atoms with Gasteiger partial charge in [-0.1, -0.05) is 74.5 Å². The van der Waals surface area contributed by atoms with Crippen LogP contribution in [0.1, 0.15) is 122 Å². The quantitative estimate of drug-likeness (QED) is 0.146. The van der Waals surface area contributed by atoms with E-state index in [-0.39, 0.29) is 5.91 Å². The van der Waals surface area contributed by atoms with Crippen LogP contribution >= 0.6 is 0 Å². The molecular formula is C54H74N4O5. The highest BCUT2D eigenvalue weighted by molar-refractivity contribution is 5.94. The number of likely N-dealkylation sites (tertiary alicyclic amines) is 3. The van der Waals surface area contributed by atoms with Gasteiger partial charge in [0.2, 0.25) is 0 Å². The van der Waals surface area contributed by atoms with Gasteiger partial charge in [0.05, 0.1) is 18.8 Å². The molecule has 9 nitrogen and oxygen atoms in total. The first kappa shape index (κ1) is 47.8. The molecule has 2 spiro atoms. The zero-order chi connectivity index (χ0) is 44.5. The molecule has 0 aromatic heterocycles. The average Bonchev–Trinajstić information content (AvgIpc) is 3.33. The largest absolute Gasteiger partial charge is 0.494 e. The van der Waals surface area contributed by atoms with Gasteiger partial charge in [-0.2, -0.15) is 0 Å². The Hall–Kier alpha value is -4.70. The van der Waals surface area contributed by atoms with Crippen LogP contribution in [-0.2, 0) is 25.9 Å². The SMILES string of the molecule is CCOc1ccccc1CN1CCC2(CC1)CCN(C(=O)c1ccc(CC)cc1)CC2.CCOc1ccccc1CN1CCC2(CCNCC2)CC1.CCc1ccc(C(=O)O)cc1. The van der Waals surface area contributed by atoms with Crippen LogP contribution in [0.2, 0.25) is 0 Å². The van der Waals surface area contributed by atoms with Gasteiger partial charge < -0.3 is 24.8 Å². The summed E-state index contributed by atoms with van der Waals surface area (Å²) in [6, 6.07) is 32.0. The molecular weight excluding hydrogens is 785 g/mol. The number of benzene rings is 4. The highest BCUT2D eigenvalue weighted by atomic mass is 16.5. The first-order valence-electron chi connectivity index (χ1n) is 23.9. The van der Waals surface area contributed by atoms with Crippen molar-refractivity contribution in [1.29, 1.82) is 0 Å². The summed E-state index contributed by atoms with van der Waals surface area (Å²) in [5, 5.41) is 12.0. The van der Waals surface area contributed by atoms with Gasteiger partial charge in [-0.15, -0.1) is 0 Å². The maximum absolute atomic E-state index is 12.9. The van der Waals surface area contributed by atoms with Gasteiger partial charge in [0, 0.05) is 42.9 Å². The second kappa shape index (κ2) is 23.8. The third kappa shape index (κ3) is 13.7. The highest BCUT2D eigenvalue weighted by Crippen LogP contribution is 2.42. The normalized spacial score (nSPS) is 18.4. The van der Waals surface area contributed by atoms with Crippen molar-refractivity contribution in [3.05, 3.63) is 130 Å². The van der Waals surface area contributed by atoms with Crippen molar-refractivity contribution < 1.29 is 24.2 Å². The fourth-order valence-corrected chi connectivity index (χ4v) is 9.80. The fraction of sp³-hybridized carbons (Fsp3) is 0.519. The number of aromatic carboxylic acids is 1. The number of rotatable bonds is 12. The molecule has 4 aliphatic rings. The van der Waals surface area contributed by atoms with E-state index in [1.54, 1.807) is 12.1 Å². The summed E-state index contributed by atoms with van der Waals surface area (Å²) in [4.78, 5) is 30.6. The van der Waals surface area contributed by atoms with E-state index in [0.717, 1.165) is 94.2 Å². The molecule has 2 N–H and O–H groups in total. The van der Waals surface area contributed by atoms with Gasteiger partial charge in [0.1, 0.15) is 11.5 Å². The molecule has 340 valence electrons. The van der Waals surface area contributed by atoms with Crippen molar-refractivity contribution in [1.82, 2.24) is 20.0 Å². The smallest absolute Gasteiger partial charge is 0.335 e. The van der Waals surface area contributed by atoms with Crippen LogP contribution in [0.5, 0.6) is 11.5 Å². The number of carbonyl (C=O) groups excluding carboxylic acids is 1. The zero-order valence-electron chi connectivity index (χ0n) is 38.7. The summed E-state index contributed by atoms with van der Waals surface area (Å²) in [5.74, 6) is 1.40. The van der Waals surface area contributed by atoms with Crippen molar-refractivity contribution >= 4 is 11.9 Å². The van der Waals surface area contributed by atoms with E-state index in [4.69, 9.17) is 14.6 Å². The summed E-state index contributed by atoms with van der Waals surface area (Å²) < 4.78 is 11.6. The molecule has 0 radical (unpaired) electrons. The summed E-state index contributed by atoms with van der Waals surface area (Å²) >= 11 is 0. The van der Waals surface area contributed by atoms with Crippen molar-refractivity contribution in [3.63, 3.8) is 0 Å². The van der Waals surface area contributed by atoms with Crippen LogP contribution in [0.25, 0.3) is 0 Å². The first-order valence-corrected chi connectivity index (χ1v) is 23.9. The number of nitrogens with one attached hydrogen (secondary N) is 1. The average molecular weight is 859 g/mol. The molecule has 4 saturated heterocycles. The van der Waals surface area contributed by atoms with E-state index in [2.05, 4.69) is 88.5 Å². The number of hydrogen-bond acceptors (Lipinski definition) is 7. The van der Waals surface area contributed by atoms with Gasteiger partial charge >= 0.3 is 5.97 Å². The molecule has 0 bridgehead atoms. The van der Waals surface area contributed by atoms with Crippen LogP contribution in [-0.4, -0.2) is 97.3 Å². The minimum absolute atomic E-state index is 0.197. The molecule has 1 amide bonds. The lowest BCUT2D eigenvalue weighted by Crippen LogP contribution is -2.48. The topological polar surface area (TPSA) is 94.6 Å². The minimum Gasteiger partial charge on any atom is -0.494 e. The van der Waals surface area contributed by atoms with Crippen LogP contribution in [0.3, 0.4) is 0 Å². The standard InChI is InChI=1S/C27H36N2O2.C18H28N2O.C9H10O2/c1-3-22-9-11-23(12-10-22)26(30)29-19-15-27(16-20-29)13-17-28(18-14-27)21-24-7-5-6-8-25(24)31-4-2;1-2-21-17-6-4-3-5-16(17)15-20-13-9-18(10-14-20)7-11-19-12-8-18;1-2-7-3-5-8(6-4-7)9(10)11/h5-12H,3-4,13-21H2,1-2H3;3-6,19H,2,7-15H2,1H3;3-6H,2H2,1H3,(H,10,11). The molecule has 9 heteroatoms. The third-order valence-corrected chi connectivity index (χ3v) is 14.2. The number of carboxylic acids is 1. The van der Waals surface area contributed by atoms with E-state index in [1.165, 1.54) is 81.4 Å². The molecule has 4 aromatic rings. The second-order valence-corrected chi connectivity index (χ2v) is 18.1. The summed E-state index contributed by atoms with van der Waals surface area (Å²) in [7, 11) is 0. The third-order valence-electron chi connectivity index (χ3n) is 14.2. The maximum Gasteiger partial charge on any atom is 0.335 e. The number of nitrogens with zero attached hydrogens (tertiary/aromatic N) is 3. The molecule has 8 rings (SSSR count). The van der Waals surface area contributed by atoms with Crippen molar-refractivity contribution in [2.45, 2.75) is 105 Å². The van der Waals surface area contributed by atoms with Crippen LogP contribution in [0.15, 0.2) is 97.1 Å².